The number of primary amides is 1. The predicted octanol–water partition coefficient (Wildman–Crippen LogP) is 1.96. The highest BCUT2D eigenvalue weighted by Gasteiger charge is 2.33. The monoisotopic (exact) mass is 605 g/mol. The maximum Gasteiger partial charge on any atom is 0.405 e. The number of rotatable bonds is 6. The Morgan fingerprint density at radius 3 is 2.40 bits per heavy atom. The molecule has 0 fully saturated rings. The van der Waals surface area contributed by atoms with Crippen LogP contribution in [0.2, 0.25) is 0 Å². The summed E-state index contributed by atoms with van der Waals surface area (Å²) in [6, 6.07) is 0. The molecule has 43 heavy (non-hydrogen) atoms. The molecule has 0 saturated carbocycles. The molecule has 2 amide bonds. The Morgan fingerprint density at radius 2 is 1.81 bits per heavy atom. The molecule has 240 valence electrons. The van der Waals surface area contributed by atoms with Crippen LogP contribution in [0.3, 0.4) is 0 Å². The van der Waals surface area contributed by atoms with Gasteiger partial charge in [-0.2, -0.15) is 0 Å². The quantitative estimate of drug-likeness (QED) is 0.221. The number of hydrogen-bond donors (Lipinski definition) is 5. The SMILES string of the molecule is CO[C@H]1C[C@H](C)CC2=C(NC[C@@H](C)O)C(=O)C=C(NC(=O)/C(C)=C/CC[C@H](OC)[C@@H](OC(N)=O)/C(C)=C/[C@H](C)[C@H]1O)C2=O. The second kappa shape index (κ2) is 16.5. The van der Waals surface area contributed by atoms with Crippen LogP contribution in [0.15, 0.2) is 46.3 Å². The van der Waals surface area contributed by atoms with Crippen molar-refractivity contribution in [3.8, 4) is 0 Å². The second-order valence-electron chi connectivity index (χ2n) is 11.5. The number of Topliss-reactive ketones (excluding diaryl/α,β-unsaturated/α-hetero) is 1. The number of aliphatic hydroxyl groups is 2. The Bertz CT molecular complexity index is 1170. The molecule has 1 heterocycles. The summed E-state index contributed by atoms with van der Waals surface area (Å²) in [7, 11) is 2.96. The molecular weight excluding hydrogens is 558 g/mol. The van der Waals surface area contributed by atoms with Crippen LogP contribution in [0.5, 0.6) is 0 Å². The standard InChI is InChI=1S/C31H47N3O9/c1-16-11-21-26(33-15-20(5)35)23(36)14-22(28(21)38)34-30(39)17(2)9-8-10-24(41-6)29(43-31(32)40)19(4)13-18(3)27(37)25(12-16)42-7/h9,13-14,16,18,20,24-25,27,29,33,35,37H,8,10-12,15H2,1-7H3,(H2,32,40)(H,34,39)/b17-9+,19-13+/t16-,18+,20-,24+,25+,27-,29+/m1/s1. The predicted molar refractivity (Wildman–Crippen MR) is 159 cm³/mol. The number of ether oxygens (including phenoxy) is 3. The van der Waals surface area contributed by atoms with Gasteiger partial charge in [0.25, 0.3) is 5.91 Å². The van der Waals surface area contributed by atoms with Crippen LogP contribution in [-0.4, -0.2) is 85.1 Å². The van der Waals surface area contributed by atoms with Crippen LogP contribution in [-0.2, 0) is 28.6 Å². The highest BCUT2D eigenvalue weighted by molar-refractivity contribution is 6.23. The molecule has 0 saturated heterocycles. The highest BCUT2D eigenvalue weighted by Crippen LogP contribution is 2.29. The van der Waals surface area contributed by atoms with E-state index in [0.717, 1.165) is 6.08 Å². The van der Waals surface area contributed by atoms with Gasteiger partial charge >= 0.3 is 6.09 Å². The third kappa shape index (κ3) is 10.1. The Balaban J connectivity index is 2.57. The molecule has 0 aromatic rings. The average molecular weight is 606 g/mol. The lowest BCUT2D eigenvalue weighted by atomic mass is 9.85. The Labute approximate surface area is 253 Å². The first-order valence-electron chi connectivity index (χ1n) is 14.5. The molecule has 1 aliphatic heterocycles. The maximum absolute atomic E-state index is 13.6. The third-order valence-corrected chi connectivity index (χ3v) is 7.69. The van der Waals surface area contributed by atoms with Gasteiger partial charge in [-0.05, 0) is 57.9 Å². The van der Waals surface area contributed by atoms with Crippen molar-refractivity contribution in [2.24, 2.45) is 17.6 Å². The fraction of sp³-hybridized carbons (Fsp3) is 0.613. The van der Waals surface area contributed by atoms with E-state index in [9.17, 15) is 29.4 Å². The lowest BCUT2D eigenvalue weighted by molar-refractivity contribution is -0.120. The molecule has 1 aliphatic carbocycles. The van der Waals surface area contributed by atoms with E-state index in [4.69, 9.17) is 19.9 Å². The first kappa shape index (κ1) is 35.9. The molecule has 0 unspecified atom stereocenters. The van der Waals surface area contributed by atoms with Crippen LogP contribution in [0.25, 0.3) is 0 Å². The van der Waals surface area contributed by atoms with Gasteiger partial charge in [-0.15, -0.1) is 0 Å². The molecule has 2 aliphatic rings. The number of hydrogen-bond acceptors (Lipinski definition) is 10. The van der Waals surface area contributed by atoms with Crippen molar-refractivity contribution in [3.05, 3.63) is 46.3 Å². The highest BCUT2D eigenvalue weighted by atomic mass is 16.6. The molecule has 0 aromatic carbocycles. The molecule has 2 rings (SSSR count). The minimum Gasteiger partial charge on any atom is -0.439 e. The molecule has 6 N–H and O–H groups in total. The molecular formula is C31H47N3O9. The third-order valence-electron chi connectivity index (χ3n) is 7.69. The van der Waals surface area contributed by atoms with Crippen molar-refractivity contribution < 1.29 is 43.6 Å². The summed E-state index contributed by atoms with van der Waals surface area (Å²) < 4.78 is 16.7. The summed E-state index contributed by atoms with van der Waals surface area (Å²) >= 11 is 0. The lowest BCUT2D eigenvalue weighted by Gasteiger charge is -2.30. The summed E-state index contributed by atoms with van der Waals surface area (Å²) in [6.07, 6.45) is 0.909. The number of carbonyl (C=O) groups is 4. The van der Waals surface area contributed by atoms with E-state index in [2.05, 4.69) is 10.6 Å². The number of amides is 2. The Hall–Kier alpha value is -3.32. The topological polar surface area (TPSA) is 187 Å². The maximum atomic E-state index is 13.6. The number of allylic oxidation sites excluding steroid dienone is 3. The van der Waals surface area contributed by atoms with E-state index in [1.54, 1.807) is 39.8 Å². The van der Waals surface area contributed by atoms with Gasteiger partial charge in [-0.3, -0.25) is 14.4 Å². The molecule has 2 bridgehead atoms. The van der Waals surface area contributed by atoms with Gasteiger partial charge in [-0.25, -0.2) is 4.79 Å². The van der Waals surface area contributed by atoms with Gasteiger partial charge in [0.1, 0.15) is 0 Å². The molecule has 0 radical (unpaired) electrons. The van der Waals surface area contributed by atoms with Crippen LogP contribution in [0.1, 0.15) is 60.3 Å². The van der Waals surface area contributed by atoms with Crippen molar-refractivity contribution in [1.29, 1.82) is 0 Å². The van der Waals surface area contributed by atoms with Gasteiger partial charge in [-0.1, -0.05) is 26.0 Å². The molecule has 0 aromatic heterocycles. The van der Waals surface area contributed by atoms with Gasteiger partial charge in [0.15, 0.2) is 6.10 Å². The van der Waals surface area contributed by atoms with E-state index in [0.29, 0.717) is 30.4 Å². The lowest BCUT2D eigenvalue weighted by Crippen LogP contribution is -2.38. The fourth-order valence-corrected chi connectivity index (χ4v) is 5.33. The number of fused-ring (bicyclic) bond motifs is 2. The zero-order valence-corrected chi connectivity index (χ0v) is 26.1. The summed E-state index contributed by atoms with van der Waals surface area (Å²) in [5, 5.41) is 26.5. The van der Waals surface area contributed by atoms with Crippen LogP contribution in [0, 0.1) is 11.8 Å². The van der Waals surface area contributed by atoms with Crippen molar-refractivity contribution in [2.75, 3.05) is 20.8 Å². The summed E-state index contributed by atoms with van der Waals surface area (Å²) in [5.74, 6) is -2.23. The van der Waals surface area contributed by atoms with Gasteiger partial charge in [0.2, 0.25) is 11.6 Å². The first-order chi connectivity index (χ1) is 20.2. The largest absolute Gasteiger partial charge is 0.439 e. The summed E-state index contributed by atoms with van der Waals surface area (Å²) in [6.45, 7) is 8.62. The van der Waals surface area contributed by atoms with Crippen LogP contribution < -0.4 is 16.4 Å². The number of nitrogens with two attached hydrogens (primary N) is 1. The van der Waals surface area contributed by atoms with Gasteiger partial charge in [0.05, 0.1) is 35.8 Å². The Morgan fingerprint density at radius 1 is 1.16 bits per heavy atom. The zero-order valence-electron chi connectivity index (χ0n) is 26.1. The van der Waals surface area contributed by atoms with Gasteiger partial charge in [0, 0.05) is 43.9 Å². The van der Waals surface area contributed by atoms with Crippen molar-refractivity contribution in [1.82, 2.24) is 10.6 Å². The second-order valence-corrected chi connectivity index (χ2v) is 11.5. The smallest absolute Gasteiger partial charge is 0.405 e. The summed E-state index contributed by atoms with van der Waals surface area (Å²) in [4.78, 5) is 51.5. The summed E-state index contributed by atoms with van der Waals surface area (Å²) in [5.41, 5.74) is 6.40. The number of carbonyl (C=O) groups excluding carboxylic acids is 4. The van der Waals surface area contributed by atoms with Crippen LogP contribution >= 0.6 is 0 Å². The van der Waals surface area contributed by atoms with Crippen molar-refractivity contribution >= 4 is 23.6 Å². The number of nitrogens with one attached hydrogen (secondary N) is 2. The number of aliphatic hydroxyl groups excluding tert-OH is 2. The van der Waals surface area contributed by atoms with Crippen LogP contribution in [0.4, 0.5) is 4.79 Å². The first-order valence-corrected chi connectivity index (χ1v) is 14.5. The molecule has 7 atom stereocenters. The zero-order chi connectivity index (χ0) is 32.4. The minimum atomic E-state index is -0.976. The van der Waals surface area contributed by atoms with E-state index in [1.807, 2.05) is 6.92 Å². The van der Waals surface area contributed by atoms with E-state index >= 15 is 0 Å². The molecule has 12 nitrogen and oxygen atoms in total. The number of ketones is 2. The molecule has 12 heteroatoms. The van der Waals surface area contributed by atoms with E-state index in [1.165, 1.54) is 14.2 Å². The van der Waals surface area contributed by atoms with Crippen molar-refractivity contribution in [2.45, 2.75) is 90.8 Å². The average Bonchev–Trinajstić information content (AvgIpc) is 2.93. The minimum absolute atomic E-state index is 0.0507. The van der Waals surface area contributed by atoms with E-state index in [-0.39, 0.29) is 35.9 Å². The Kier molecular flexibility index (Phi) is 13.8. The number of methoxy groups -OCH3 is 2. The normalized spacial score (nSPS) is 31.7. The van der Waals surface area contributed by atoms with E-state index < -0.39 is 60.0 Å². The van der Waals surface area contributed by atoms with Crippen molar-refractivity contribution in [3.63, 3.8) is 0 Å². The fourth-order valence-electron chi connectivity index (χ4n) is 5.33. The van der Waals surface area contributed by atoms with Gasteiger partial charge < -0.3 is 40.8 Å². The molecule has 0 spiro atoms.